The van der Waals surface area contributed by atoms with Crippen LogP contribution in [0.15, 0.2) is 127 Å². The first-order chi connectivity index (χ1) is 33.9. The Morgan fingerprint density at radius 3 is 1.92 bits per heavy atom. The molecule has 0 aliphatic heterocycles. The van der Waals surface area contributed by atoms with Gasteiger partial charge in [-0.3, -0.25) is 14.6 Å². The topological polar surface area (TPSA) is 193 Å². The minimum Gasteiger partial charge on any atom is -0.489 e. The van der Waals surface area contributed by atoms with Crippen molar-refractivity contribution in [3.63, 3.8) is 0 Å². The maximum atomic E-state index is 15.1. The number of anilines is 2. The molecule has 0 spiro atoms. The molecular formula is C56H68N6O9. The summed E-state index contributed by atoms with van der Waals surface area (Å²) >= 11 is 0. The number of nitrogens with two attached hydrogens (primary N) is 1. The molecule has 1 atom stereocenters. The molecule has 1 unspecified atom stereocenters. The van der Waals surface area contributed by atoms with Crippen molar-refractivity contribution >= 4 is 41.5 Å². The molecule has 0 saturated heterocycles. The first kappa shape index (κ1) is 53.0. The normalized spacial score (nSPS) is 12.4. The maximum Gasteiger partial charge on any atom is 0.411 e. The number of carboxylic acid groups (broad SMARTS) is 1. The monoisotopic (exact) mass is 969 g/mol. The SMILES string of the molecule is CC(C)(C)OC(=O)NCCCCN(C(=O)OCC1c2ccccc2-c2ccccc21)C(C(=O)O)N(C(=O)CN(CCCCN)C(=O)Nc1ccc(OCc2ccccc2)cc1)c1ccc(C(C)(C)C)cc1. The van der Waals surface area contributed by atoms with Gasteiger partial charge >= 0.3 is 24.2 Å². The fourth-order valence-electron chi connectivity index (χ4n) is 8.35. The van der Waals surface area contributed by atoms with Gasteiger partial charge in [-0.2, -0.15) is 0 Å². The Balaban J connectivity index is 1.30. The van der Waals surface area contributed by atoms with Gasteiger partial charge in [-0.25, -0.2) is 19.2 Å². The van der Waals surface area contributed by atoms with E-state index in [1.807, 2.05) is 112 Å². The molecule has 376 valence electrons. The second-order valence-electron chi connectivity index (χ2n) is 19.6. The van der Waals surface area contributed by atoms with Gasteiger partial charge in [0.2, 0.25) is 12.1 Å². The van der Waals surface area contributed by atoms with Crippen LogP contribution in [0.5, 0.6) is 5.75 Å². The number of alkyl carbamates (subject to hydrolysis) is 1. The van der Waals surface area contributed by atoms with E-state index in [9.17, 15) is 24.3 Å². The van der Waals surface area contributed by atoms with Crippen LogP contribution in [0.4, 0.5) is 25.8 Å². The first-order valence-corrected chi connectivity index (χ1v) is 24.2. The number of fused-ring (bicyclic) bond motifs is 3. The predicted octanol–water partition coefficient (Wildman–Crippen LogP) is 10.1. The highest BCUT2D eigenvalue weighted by Gasteiger charge is 2.41. The smallest absolute Gasteiger partial charge is 0.411 e. The molecule has 15 heteroatoms. The summed E-state index contributed by atoms with van der Waals surface area (Å²) in [6.45, 7) is 11.5. The number of carbonyl (C=O) groups is 5. The van der Waals surface area contributed by atoms with Crippen LogP contribution in [0.3, 0.4) is 0 Å². The minimum atomic E-state index is -1.94. The van der Waals surface area contributed by atoms with Gasteiger partial charge in [0.05, 0.1) is 0 Å². The average Bonchev–Trinajstić information content (AvgIpc) is 3.66. The number of nitrogens with one attached hydrogen (secondary N) is 2. The summed E-state index contributed by atoms with van der Waals surface area (Å²) in [6.07, 6.45) is -1.98. The van der Waals surface area contributed by atoms with Gasteiger partial charge in [0.15, 0.2) is 0 Å². The lowest BCUT2D eigenvalue weighted by Crippen LogP contribution is -2.60. The van der Waals surface area contributed by atoms with Gasteiger partial charge < -0.3 is 40.6 Å². The third kappa shape index (κ3) is 14.8. The summed E-state index contributed by atoms with van der Waals surface area (Å²) in [4.78, 5) is 73.7. The molecule has 5 aromatic carbocycles. The number of ether oxygens (including phenoxy) is 3. The first-order valence-electron chi connectivity index (χ1n) is 24.2. The number of carbonyl (C=O) groups excluding carboxylic acids is 4. The molecule has 6 rings (SSSR count). The summed E-state index contributed by atoms with van der Waals surface area (Å²) in [5.41, 5.74) is 11.4. The van der Waals surface area contributed by atoms with Crippen molar-refractivity contribution in [1.29, 1.82) is 0 Å². The number of unbranched alkanes of at least 4 members (excludes halogenated alkanes) is 2. The number of urea groups is 1. The van der Waals surface area contributed by atoms with E-state index in [0.29, 0.717) is 43.9 Å². The average molecular weight is 969 g/mol. The highest BCUT2D eigenvalue weighted by atomic mass is 16.6. The molecule has 0 aromatic heterocycles. The van der Waals surface area contributed by atoms with E-state index in [1.54, 1.807) is 57.2 Å². The lowest BCUT2D eigenvalue weighted by Gasteiger charge is -2.38. The molecule has 71 heavy (non-hydrogen) atoms. The van der Waals surface area contributed by atoms with E-state index in [4.69, 9.17) is 19.9 Å². The molecule has 0 heterocycles. The van der Waals surface area contributed by atoms with E-state index < -0.39 is 48.4 Å². The van der Waals surface area contributed by atoms with E-state index in [0.717, 1.165) is 43.2 Å². The van der Waals surface area contributed by atoms with Crippen LogP contribution in [0, 0.1) is 0 Å². The third-order valence-electron chi connectivity index (χ3n) is 12.0. The van der Waals surface area contributed by atoms with Crippen LogP contribution in [0.25, 0.3) is 11.1 Å². The number of hydrogen-bond donors (Lipinski definition) is 4. The number of amides is 5. The Kier molecular flexibility index (Phi) is 18.2. The Bertz CT molecular complexity index is 2530. The lowest BCUT2D eigenvalue weighted by atomic mass is 9.87. The fraction of sp³-hybridized carbons (Fsp3) is 0.375. The number of rotatable bonds is 21. The highest BCUT2D eigenvalue weighted by Crippen LogP contribution is 2.44. The summed E-state index contributed by atoms with van der Waals surface area (Å²) in [7, 11) is 0. The number of nitrogens with zero attached hydrogens (tertiary/aromatic N) is 3. The second-order valence-corrected chi connectivity index (χ2v) is 19.6. The van der Waals surface area contributed by atoms with Gasteiger partial charge in [-0.15, -0.1) is 0 Å². The number of aliphatic carboxylic acids is 1. The number of carboxylic acids is 1. The van der Waals surface area contributed by atoms with Gasteiger partial charge in [-0.05, 0) is 128 Å². The van der Waals surface area contributed by atoms with E-state index in [2.05, 4.69) is 10.6 Å². The molecule has 5 aromatic rings. The Morgan fingerprint density at radius 1 is 0.718 bits per heavy atom. The van der Waals surface area contributed by atoms with Crippen molar-refractivity contribution in [2.24, 2.45) is 5.73 Å². The third-order valence-corrected chi connectivity index (χ3v) is 12.0. The van der Waals surface area contributed by atoms with Crippen molar-refractivity contribution in [3.05, 3.63) is 150 Å². The van der Waals surface area contributed by atoms with Crippen molar-refractivity contribution in [2.45, 2.75) is 96.9 Å². The van der Waals surface area contributed by atoms with E-state index in [1.165, 1.54) is 4.90 Å². The molecular weight excluding hydrogens is 901 g/mol. The summed E-state index contributed by atoms with van der Waals surface area (Å²) < 4.78 is 17.4. The van der Waals surface area contributed by atoms with Crippen LogP contribution in [-0.4, -0.2) is 96.1 Å². The molecule has 1 aliphatic carbocycles. The van der Waals surface area contributed by atoms with E-state index >= 15 is 4.79 Å². The number of benzene rings is 5. The summed E-state index contributed by atoms with van der Waals surface area (Å²) in [6, 6.07) is 38.6. The van der Waals surface area contributed by atoms with Crippen LogP contribution < -0.4 is 26.0 Å². The standard InChI is InChI=1S/C56H68N6O9/c1-55(2,3)40-24-28-42(29-25-40)62(49(63)36-60(34-16-14-32-57)52(66)59-41-26-30-43(31-27-41)69-37-39-18-8-7-9-19-39)50(51(64)65)61(35-17-15-33-58-53(67)71-56(4,5)6)54(68)70-38-48-46-22-12-10-20-44(46)45-21-11-13-23-47(45)48/h7-13,18-31,48,50H,14-17,32-38,57H2,1-6H3,(H,58,67)(H,59,66)(H,64,65). The predicted molar refractivity (Wildman–Crippen MR) is 275 cm³/mol. The van der Waals surface area contributed by atoms with Crippen molar-refractivity contribution < 1.29 is 43.3 Å². The zero-order valence-corrected chi connectivity index (χ0v) is 41.7. The molecule has 5 amide bonds. The van der Waals surface area contributed by atoms with Crippen LogP contribution >= 0.6 is 0 Å². The zero-order valence-electron chi connectivity index (χ0n) is 41.7. The Morgan fingerprint density at radius 2 is 1.32 bits per heavy atom. The fourth-order valence-corrected chi connectivity index (χ4v) is 8.35. The molecule has 0 radical (unpaired) electrons. The summed E-state index contributed by atoms with van der Waals surface area (Å²) in [5.74, 6) is -2.02. The van der Waals surface area contributed by atoms with Crippen LogP contribution in [0.2, 0.25) is 0 Å². The molecule has 0 fully saturated rings. The minimum absolute atomic E-state index is 0.112. The van der Waals surface area contributed by atoms with E-state index in [-0.39, 0.29) is 49.7 Å². The lowest BCUT2D eigenvalue weighted by molar-refractivity contribution is -0.144. The van der Waals surface area contributed by atoms with Gasteiger partial charge in [0.25, 0.3) is 0 Å². The van der Waals surface area contributed by atoms with Gasteiger partial charge in [-0.1, -0.05) is 112 Å². The molecule has 1 aliphatic rings. The second kappa shape index (κ2) is 24.4. The zero-order chi connectivity index (χ0) is 51.1. The summed E-state index contributed by atoms with van der Waals surface area (Å²) in [5, 5.41) is 16.9. The van der Waals surface area contributed by atoms with Crippen molar-refractivity contribution in [2.75, 3.05) is 49.5 Å². The number of hydrogen-bond acceptors (Lipinski definition) is 9. The molecule has 5 N–H and O–H groups in total. The van der Waals surface area contributed by atoms with Crippen LogP contribution in [-0.2, 0) is 31.1 Å². The van der Waals surface area contributed by atoms with Crippen molar-refractivity contribution in [3.8, 4) is 16.9 Å². The molecule has 15 nitrogen and oxygen atoms in total. The van der Waals surface area contributed by atoms with Gasteiger partial charge in [0, 0.05) is 36.9 Å². The Hall–Kier alpha value is -7.39. The molecule has 0 saturated carbocycles. The Labute approximate surface area is 417 Å². The quantitative estimate of drug-likeness (QED) is 0.0406. The molecule has 0 bridgehead atoms. The van der Waals surface area contributed by atoms with Crippen molar-refractivity contribution in [1.82, 2.24) is 15.1 Å². The maximum absolute atomic E-state index is 15.1. The van der Waals surface area contributed by atoms with Crippen LogP contribution in [0.1, 0.15) is 95.4 Å². The highest BCUT2D eigenvalue weighted by molar-refractivity contribution is 6.03. The largest absolute Gasteiger partial charge is 0.489 e. The van der Waals surface area contributed by atoms with Gasteiger partial charge in [0.1, 0.15) is 31.1 Å².